The SMILES string of the molecule is Cc1cc(F)cc(-n2c(-c3cccs3)n[nH]c2=S)c1. The summed E-state index contributed by atoms with van der Waals surface area (Å²) in [4.78, 5) is 0.981. The first kappa shape index (κ1) is 12.3. The molecule has 3 rings (SSSR count). The van der Waals surface area contributed by atoms with Crippen molar-refractivity contribution in [2.75, 3.05) is 0 Å². The highest BCUT2D eigenvalue weighted by molar-refractivity contribution is 7.71. The van der Waals surface area contributed by atoms with Gasteiger partial charge in [-0.3, -0.25) is 9.67 Å². The van der Waals surface area contributed by atoms with Crippen LogP contribution in [0.5, 0.6) is 0 Å². The van der Waals surface area contributed by atoms with Crippen LogP contribution in [0.4, 0.5) is 4.39 Å². The Morgan fingerprint density at radius 3 is 2.89 bits per heavy atom. The number of thiophene rings is 1. The Morgan fingerprint density at radius 1 is 1.37 bits per heavy atom. The molecule has 96 valence electrons. The van der Waals surface area contributed by atoms with Gasteiger partial charge in [-0.05, 0) is 54.4 Å². The van der Waals surface area contributed by atoms with E-state index in [1.165, 1.54) is 12.1 Å². The molecule has 0 bridgehead atoms. The van der Waals surface area contributed by atoms with Gasteiger partial charge in [0.15, 0.2) is 10.6 Å². The van der Waals surface area contributed by atoms with E-state index in [1.54, 1.807) is 15.9 Å². The Hall–Kier alpha value is -1.79. The third-order valence-electron chi connectivity index (χ3n) is 2.70. The summed E-state index contributed by atoms with van der Waals surface area (Å²) in [6.07, 6.45) is 0. The molecule has 0 fully saturated rings. The Morgan fingerprint density at radius 2 is 2.21 bits per heavy atom. The quantitative estimate of drug-likeness (QED) is 0.721. The molecule has 2 heterocycles. The van der Waals surface area contributed by atoms with Gasteiger partial charge in [0.2, 0.25) is 0 Å². The fourth-order valence-electron chi connectivity index (χ4n) is 1.95. The molecule has 1 aromatic carbocycles. The summed E-state index contributed by atoms with van der Waals surface area (Å²) >= 11 is 6.81. The molecule has 0 radical (unpaired) electrons. The van der Waals surface area contributed by atoms with E-state index in [1.807, 2.05) is 30.5 Å². The lowest BCUT2D eigenvalue weighted by Gasteiger charge is -2.07. The Kier molecular flexibility index (Phi) is 3.04. The number of hydrogen-bond acceptors (Lipinski definition) is 3. The summed E-state index contributed by atoms with van der Waals surface area (Å²) in [5.41, 5.74) is 1.52. The second-order valence-electron chi connectivity index (χ2n) is 4.15. The molecule has 0 aliphatic rings. The summed E-state index contributed by atoms with van der Waals surface area (Å²) in [5.74, 6) is 0.417. The van der Waals surface area contributed by atoms with Crippen molar-refractivity contribution < 1.29 is 4.39 Å². The topological polar surface area (TPSA) is 33.6 Å². The molecule has 0 saturated heterocycles. The monoisotopic (exact) mass is 291 g/mol. The first-order valence-electron chi connectivity index (χ1n) is 5.64. The van der Waals surface area contributed by atoms with Crippen molar-refractivity contribution in [2.45, 2.75) is 6.92 Å². The second kappa shape index (κ2) is 4.71. The van der Waals surface area contributed by atoms with Crippen molar-refractivity contribution in [3.8, 4) is 16.4 Å². The number of aryl methyl sites for hydroxylation is 1. The highest BCUT2D eigenvalue weighted by Gasteiger charge is 2.12. The Labute approximate surface area is 118 Å². The maximum Gasteiger partial charge on any atom is 0.200 e. The van der Waals surface area contributed by atoms with Crippen LogP contribution >= 0.6 is 23.6 Å². The number of hydrogen-bond donors (Lipinski definition) is 1. The van der Waals surface area contributed by atoms with Gasteiger partial charge in [0.1, 0.15) is 5.82 Å². The number of nitrogens with one attached hydrogen (secondary N) is 1. The minimum atomic E-state index is -0.282. The van der Waals surface area contributed by atoms with E-state index < -0.39 is 0 Å². The van der Waals surface area contributed by atoms with Crippen molar-refractivity contribution in [3.63, 3.8) is 0 Å². The first-order valence-corrected chi connectivity index (χ1v) is 6.93. The molecule has 0 amide bonds. The molecule has 3 aromatic rings. The predicted octanol–water partition coefficient (Wildman–Crippen LogP) is 4.11. The van der Waals surface area contributed by atoms with Crippen LogP contribution in [0, 0.1) is 17.5 Å². The molecule has 2 aromatic heterocycles. The van der Waals surface area contributed by atoms with Gasteiger partial charge < -0.3 is 0 Å². The molecule has 0 aliphatic heterocycles. The molecule has 0 unspecified atom stereocenters. The van der Waals surface area contributed by atoms with Gasteiger partial charge in [0.25, 0.3) is 0 Å². The highest BCUT2D eigenvalue weighted by Crippen LogP contribution is 2.26. The van der Waals surface area contributed by atoms with Gasteiger partial charge in [-0.1, -0.05) is 6.07 Å². The van der Waals surface area contributed by atoms with Gasteiger partial charge in [0.05, 0.1) is 10.6 Å². The van der Waals surface area contributed by atoms with Gasteiger partial charge in [0, 0.05) is 0 Å². The number of halogens is 1. The molecule has 19 heavy (non-hydrogen) atoms. The smallest absolute Gasteiger partial charge is 0.200 e. The number of benzene rings is 1. The zero-order chi connectivity index (χ0) is 13.4. The number of rotatable bonds is 2. The van der Waals surface area contributed by atoms with Crippen LogP contribution in [0.15, 0.2) is 35.7 Å². The van der Waals surface area contributed by atoms with E-state index in [4.69, 9.17) is 12.2 Å². The average molecular weight is 291 g/mol. The molecular formula is C13H10FN3S2. The lowest BCUT2D eigenvalue weighted by Crippen LogP contribution is -1.98. The van der Waals surface area contributed by atoms with Crippen LogP contribution in [-0.2, 0) is 0 Å². The van der Waals surface area contributed by atoms with Crippen molar-refractivity contribution in [2.24, 2.45) is 0 Å². The van der Waals surface area contributed by atoms with Crippen LogP contribution in [0.1, 0.15) is 5.56 Å². The minimum absolute atomic E-state index is 0.282. The molecule has 0 atom stereocenters. The van der Waals surface area contributed by atoms with Gasteiger partial charge in [-0.25, -0.2) is 4.39 Å². The fourth-order valence-corrected chi connectivity index (χ4v) is 2.89. The van der Waals surface area contributed by atoms with E-state index in [9.17, 15) is 4.39 Å². The van der Waals surface area contributed by atoms with E-state index in [2.05, 4.69) is 10.2 Å². The zero-order valence-electron chi connectivity index (χ0n) is 10.1. The Bertz CT molecular complexity index is 751. The zero-order valence-corrected chi connectivity index (χ0v) is 11.7. The molecule has 1 N–H and O–H groups in total. The second-order valence-corrected chi connectivity index (χ2v) is 5.49. The maximum atomic E-state index is 13.6. The summed E-state index contributed by atoms with van der Waals surface area (Å²) in [5, 5.41) is 8.96. The lowest BCUT2D eigenvalue weighted by molar-refractivity contribution is 0.625. The maximum absolute atomic E-state index is 13.6. The number of nitrogens with zero attached hydrogens (tertiary/aromatic N) is 2. The van der Waals surface area contributed by atoms with Crippen molar-refractivity contribution in [1.29, 1.82) is 0 Å². The van der Waals surface area contributed by atoms with Gasteiger partial charge in [-0.2, -0.15) is 5.10 Å². The number of aromatic nitrogens is 3. The summed E-state index contributed by atoms with van der Waals surface area (Å²) in [7, 11) is 0. The highest BCUT2D eigenvalue weighted by atomic mass is 32.1. The summed E-state index contributed by atoms with van der Waals surface area (Å²) in [6, 6.07) is 8.72. The van der Waals surface area contributed by atoms with Gasteiger partial charge >= 0.3 is 0 Å². The number of aromatic amines is 1. The van der Waals surface area contributed by atoms with Crippen molar-refractivity contribution >= 4 is 23.6 Å². The van der Waals surface area contributed by atoms with E-state index in [-0.39, 0.29) is 5.82 Å². The van der Waals surface area contributed by atoms with Crippen LogP contribution in [-0.4, -0.2) is 14.8 Å². The lowest BCUT2D eigenvalue weighted by atomic mass is 10.2. The van der Waals surface area contributed by atoms with Crippen LogP contribution in [0.2, 0.25) is 0 Å². The molecule has 0 saturated carbocycles. The van der Waals surface area contributed by atoms with Crippen LogP contribution in [0.3, 0.4) is 0 Å². The normalized spacial score (nSPS) is 10.8. The molecule has 3 nitrogen and oxygen atoms in total. The van der Waals surface area contributed by atoms with E-state index in [0.717, 1.165) is 10.4 Å². The first-order chi connectivity index (χ1) is 9.15. The third kappa shape index (κ3) is 2.24. The minimum Gasteiger partial charge on any atom is -0.267 e. The summed E-state index contributed by atoms with van der Waals surface area (Å²) in [6.45, 7) is 1.85. The largest absolute Gasteiger partial charge is 0.267 e. The molecule has 0 spiro atoms. The van der Waals surface area contributed by atoms with E-state index in [0.29, 0.717) is 16.3 Å². The standard InChI is InChI=1S/C13H10FN3S2/c1-8-5-9(14)7-10(6-8)17-12(15-16-13(17)18)11-3-2-4-19-11/h2-7H,1H3,(H,16,18). The number of H-pyrrole nitrogens is 1. The van der Waals surface area contributed by atoms with Crippen LogP contribution < -0.4 is 0 Å². The molecular weight excluding hydrogens is 281 g/mol. The Balaban J connectivity index is 2.25. The molecule has 6 heteroatoms. The van der Waals surface area contributed by atoms with Crippen molar-refractivity contribution in [3.05, 3.63) is 51.9 Å². The van der Waals surface area contributed by atoms with E-state index >= 15 is 0 Å². The predicted molar refractivity (Wildman–Crippen MR) is 76.8 cm³/mol. The summed E-state index contributed by atoms with van der Waals surface area (Å²) < 4.78 is 15.7. The van der Waals surface area contributed by atoms with Gasteiger partial charge in [-0.15, -0.1) is 11.3 Å². The van der Waals surface area contributed by atoms with Crippen molar-refractivity contribution in [1.82, 2.24) is 14.8 Å². The average Bonchev–Trinajstić information content (AvgIpc) is 2.95. The third-order valence-corrected chi connectivity index (χ3v) is 3.84. The molecule has 0 aliphatic carbocycles. The van der Waals surface area contributed by atoms with Crippen LogP contribution in [0.25, 0.3) is 16.4 Å². The fraction of sp³-hybridized carbons (Fsp3) is 0.0769.